The third kappa shape index (κ3) is 5.18. The smallest absolute Gasteiger partial charge is 0.429 e. The highest BCUT2D eigenvalue weighted by Crippen LogP contribution is 2.40. The van der Waals surface area contributed by atoms with E-state index in [1.807, 2.05) is 0 Å². The monoisotopic (exact) mass is 544 g/mol. The first-order chi connectivity index (χ1) is 17.7. The van der Waals surface area contributed by atoms with Crippen LogP contribution >= 0.6 is 0 Å². The number of aryl methyl sites for hydroxylation is 1. The normalized spacial score (nSPS) is 12.1. The molecule has 1 nitrogen and oxygen atoms in total. The van der Waals surface area contributed by atoms with Crippen molar-refractivity contribution >= 4 is 0 Å². The molecule has 0 saturated heterocycles. The van der Waals surface area contributed by atoms with Crippen molar-refractivity contribution in [1.82, 2.24) is 0 Å². The van der Waals surface area contributed by atoms with Crippen LogP contribution in [0.25, 0.3) is 22.3 Å². The summed E-state index contributed by atoms with van der Waals surface area (Å²) < 4.78 is 144. The van der Waals surface area contributed by atoms with Gasteiger partial charge in [-0.25, -0.2) is 22.0 Å². The Balaban J connectivity index is 1.68. The van der Waals surface area contributed by atoms with Crippen LogP contribution in [0.5, 0.6) is 5.75 Å². The van der Waals surface area contributed by atoms with E-state index in [0.717, 1.165) is 17.7 Å². The number of ether oxygens (including phenoxy) is 1. The lowest BCUT2D eigenvalue weighted by atomic mass is 9.97. The van der Waals surface area contributed by atoms with Crippen LogP contribution < -0.4 is 4.74 Å². The van der Waals surface area contributed by atoms with Crippen LogP contribution in [-0.4, -0.2) is 0 Å². The topological polar surface area (TPSA) is 9.23 Å². The maximum absolute atomic E-state index is 14.8. The number of hydrogen-bond donors (Lipinski definition) is 0. The van der Waals surface area contributed by atoms with Crippen LogP contribution in [0.4, 0.5) is 43.9 Å². The highest BCUT2D eigenvalue weighted by molar-refractivity contribution is 5.72. The minimum Gasteiger partial charge on any atom is -0.429 e. The van der Waals surface area contributed by atoms with Crippen molar-refractivity contribution < 1.29 is 48.6 Å². The molecule has 0 N–H and O–H groups in total. The molecule has 38 heavy (non-hydrogen) atoms. The first-order valence-electron chi connectivity index (χ1n) is 10.7. The number of halogens is 10. The molecule has 4 aromatic carbocycles. The standard InChI is InChI=1S/C27H14F10O/c1-13-2-4-14(5-3-13)17-7-8-18(25(32)24(17)31)15-10-21(29)23(22(30)11-15)27(36,37)38-16-6-9-19(20(28)12-16)26(33,34)35/h2-12H,1H3. The van der Waals surface area contributed by atoms with E-state index in [1.165, 1.54) is 12.1 Å². The number of benzene rings is 4. The molecule has 0 amide bonds. The number of rotatable bonds is 5. The molecule has 0 heterocycles. The van der Waals surface area contributed by atoms with Gasteiger partial charge in [0.1, 0.15) is 28.8 Å². The molecule has 0 unspecified atom stereocenters. The average molecular weight is 544 g/mol. The summed E-state index contributed by atoms with van der Waals surface area (Å²) in [6, 6.07) is 9.62. The van der Waals surface area contributed by atoms with Gasteiger partial charge in [-0.05, 0) is 42.3 Å². The number of alkyl halides is 5. The summed E-state index contributed by atoms with van der Waals surface area (Å²) in [6.07, 6.45) is -9.94. The molecule has 0 fully saturated rings. The van der Waals surface area contributed by atoms with E-state index < -0.39 is 69.4 Å². The fourth-order valence-electron chi connectivity index (χ4n) is 3.72. The zero-order chi connectivity index (χ0) is 28.0. The zero-order valence-electron chi connectivity index (χ0n) is 19.0. The molecule has 0 saturated carbocycles. The molecule has 0 aliphatic heterocycles. The highest BCUT2D eigenvalue weighted by atomic mass is 19.4. The van der Waals surface area contributed by atoms with Crippen molar-refractivity contribution in [3.05, 3.63) is 113 Å². The Labute approximate surface area is 208 Å². The molecule has 0 aromatic heterocycles. The molecule has 0 aliphatic rings. The predicted octanol–water partition coefficient (Wildman–Crippen LogP) is 9.17. The largest absolute Gasteiger partial charge is 0.432 e. The maximum Gasteiger partial charge on any atom is 0.432 e. The van der Waals surface area contributed by atoms with Crippen molar-refractivity contribution in [3.63, 3.8) is 0 Å². The number of hydrogen-bond acceptors (Lipinski definition) is 1. The Bertz CT molecular complexity index is 1490. The van der Waals surface area contributed by atoms with E-state index in [4.69, 9.17) is 0 Å². The van der Waals surface area contributed by atoms with E-state index in [9.17, 15) is 43.9 Å². The van der Waals surface area contributed by atoms with Gasteiger partial charge in [-0.15, -0.1) is 0 Å². The molecule has 0 aliphatic carbocycles. The van der Waals surface area contributed by atoms with Gasteiger partial charge in [-0.3, -0.25) is 0 Å². The minimum absolute atomic E-state index is 0.0192. The fraction of sp³-hybridized carbons (Fsp3) is 0.111. The Hall–Kier alpha value is -4.02. The molecule has 198 valence electrons. The first kappa shape index (κ1) is 27.0. The van der Waals surface area contributed by atoms with Gasteiger partial charge in [0.15, 0.2) is 11.6 Å². The zero-order valence-corrected chi connectivity index (χ0v) is 19.0. The van der Waals surface area contributed by atoms with E-state index in [1.54, 1.807) is 19.1 Å². The van der Waals surface area contributed by atoms with Crippen LogP contribution in [0, 0.1) is 36.0 Å². The van der Waals surface area contributed by atoms with Gasteiger partial charge in [-0.2, -0.15) is 22.0 Å². The molecule has 0 spiro atoms. The lowest BCUT2D eigenvalue weighted by Crippen LogP contribution is -2.25. The summed E-state index contributed by atoms with van der Waals surface area (Å²) in [5, 5.41) is 0. The highest BCUT2D eigenvalue weighted by Gasteiger charge is 2.42. The van der Waals surface area contributed by atoms with E-state index >= 15 is 0 Å². The second-order valence-electron chi connectivity index (χ2n) is 8.23. The van der Waals surface area contributed by atoms with E-state index in [0.29, 0.717) is 23.8 Å². The Morgan fingerprint density at radius 3 is 1.61 bits per heavy atom. The van der Waals surface area contributed by atoms with Crippen molar-refractivity contribution in [3.8, 4) is 28.0 Å². The molecule has 0 bridgehead atoms. The summed E-state index contributed by atoms with van der Waals surface area (Å²) in [4.78, 5) is 0. The van der Waals surface area contributed by atoms with E-state index in [2.05, 4.69) is 4.74 Å². The average Bonchev–Trinajstić information content (AvgIpc) is 2.79. The summed E-state index contributed by atoms with van der Waals surface area (Å²) in [5.41, 5.74) is -3.95. The minimum atomic E-state index is -5.12. The predicted molar refractivity (Wildman–Crippen MR) is 118 cm³/mol. The van der Waals surface area contributed by atoms with Crippen molar-refractivity contribution in [2.45, 2.75) is 19.2 Å². The van der Waals surface area contributed by atoms with Crippen molar-refractivity contribution in [1.29, 1.82) is 0 Å². The third-order valence-electron chi connectivity index (χ3n) is 5.58. The van der Waals surface area contributed by atoms with Crippen LogP contribution in [0.15, 0.2) is 66.7 Å². The first-order valence-corrected chi connectivity index (χ1v) is 10.7. The quantitative estimate of drug-likeness (QED) is 0.228. The van der Waals surface area contributed by atoms with Crippen LogP contribution in [-0.2, 0) is 12.3 Å². The second kappa shape index (κ2) is 9.70. The molecule has 4 rings (SSSR count). The second-order valence-corrected chi connectivity index (χ2v) is 8.23. The summed E-state index contributed by atoms with van der Waals surface area (Å²) in [5.74, 6) is -9.79. The molecule has 0 radical (unpaired) electrons. The Morgan fingerprint density at radius 2 is 1.11 bits per heavy atom. The molecular weight excluding hydrogens is 530 g/mol. The Morgan fingerprint density at radius 1 is 0.579 bits per heavy atom. The summed E-state index contributed by atoms with van der Waals surface area (Å²) in [7, 11) is 0. The molecule has 0 atom stereocenters. The lowest BCUT2D eigenvalue weighted by Gasteiger charge is -2.20. The van der Waals surface area contributed by atoms with Gasteiger partial charge in [0.2, 0.25) is 0 Å². The Kier molecular flexibility index (Phi) is 6.90. The fourth-order valence-corrected chi connectivity index (χ4v) is 3.72. The van der Waals surface area contributed by atoms with Crippen LogP contribution in [0.1, 0.15) is 16.7 Å². The summed E-state index contributed by atoms with van der Waals surface area (Å²) >= 11 is 0. The molecular formula is C27H14F10O. The van der Waals surface area contributed by atoms with Gasteiger partial charge in [0, 0.05) is 17.2 Å². The lowest BCUT2D eigenvalue weighted by molar-refractivity contribution is -0.189. The third-order valence-corrected chi connectivity index (χ3v) is 5.58. The van der Waals surface area contributed by atoms with Crippen molar-refractivity contribution in [2.75, 3.05) is 0 Å². The summed E-state index contributed by atoms with van der Waals surface area (Å²) in [6.45, 7) is 1.78. The van der Waals surface area contributed by atoms with Gasteiger partial charge in [0.25, 0.3) is 0 Å². The van der Waals surface area contributed by atoms with Crippen LogP contribution in [0.2, 0.25) is 0 Å². The van der Waals surface area contributed by atoms with Crippen molar-refractivity contribution in [2.24, 2.45) is 0 Å². The molecule has 11 heteroatoms. The van der Waals surface area contributed by atoms with E-state index in [-0.39, 0.29) is 17.7 Å². The maximum atomic E-state index is 14.8. The van der Waals surface area contributed by atoms with Crippen LogP contribution in [0.3, 0.4) is 0 Å². The SMILES string of the molecule is Cc1ccc(-c2ccc(-c3cc(F)c(C(F)(F)Oc4ccc(C(F)(F)F)c(F)c4)c(F)c3)c(F)c2F)cc1. The van der Waals surface area contributed by atoms with Gasteiger partial charge < -0.3 is 4.74 Å². The van der Waals surface area contributed by atoms with Gasteiger partial charge in [-0.1, -0.05) is 42.0 Å². The van der Waals surface area contributed by atoms with Gasteiger partial charge >= 0.3 is 12.3 Å². The molecule has 4 aromatic rings. The van der Waals surface area contributed by atoms with Gasteiger partial charge in [0.05, 0.1) is 5.56 Å².